The van der Waals surface area contributed by atoms with E-state index in [1.807, 2.05) is 0 Å². The van der Waals surface area contributed by atoms with Gasteiger partial charge in [0.05, 0.1) is 21.6 Å². The molecule has 2 saturated heterocycles. The van der Waals surface area contributed by atoms with Gasteiger partial charge in [-0.15, -0.1) is 11.3 Å². The van der Waals surface area contributed by atoms with E-state index < -0.39 is 0 Å². The first-order valence-corrected chi connectivity index (χ1v) is 14.5. The Morgan fingerprint density at radius 2 is 1.78 bits per heavy atom. The molecule has 7 nitrogen and oxygen atoms in total. The first-order chi connectivity index (χ1) is 18.1. The Balaban J connectivity index is 1.05. The molecule has 1 aliphatic carbocycles. The predicted molar refractivity (Wildman–Crippen MR) is 150 cm³/mol. The van der Waals surface area contributed by atoms with E-state index in [-0.39, 0.29) is 11.9 Å². The highest BCUT2D eigenvalue weighted by molar-refractivity contribution is 7.18. The topological polar surface area (TPSA) is 73.4 Å². The minimum atomic E-state index is -0.0674. The summed E-state index contributed by atoms with van der Waals surface area (Å²) in [7, 11) is 0. The predicted octanol–water partition coefficient (Wildman–Crippen LogP) is 5.68. The lowest BCUT2D eigenvalue weighted by Gasteiger charge is -2.33. The number of carbonyl (C=O) groups excluding carboxylic acids is 1. The number of halogens is 1. The standard InChI is InChI=1S/C28H33ClN6OS/c29-25-10-9-24(37-25)28(36)32-22-2-1-13-35(18-22)27-17-30-16-26(33-27)31-21-5-3-19(4-6-21)20-11-14-34(15-12-20)23-7-8-23/h3-6,9-10,16-17,20,22-23H,1-2,7-8,11-15,18H2,(H,31,33)(H,32,36)/t22-/m1/s1. The molecule has 1 aromatic carbocycles. The summed E-state index contributed by atoms with van der Waals surface area (Å²) < 4.78 is 0.624. The number of amides is 1. The van der Waals surface area contributed by atoms with Crippen molar-refractivity contribution in [2.75, 3.05) is 36.4 Å². The van der Waals surface area contributed by atoms with Crippen LogP contribution in [0, 0.1) is 0 Å². The van der Waals surface area contributed by atoms with Crippen molar-refractivity contribution in [2.24, 2.45) is 0 Å². The molecule has 0 bridgehead atoms. The number of benzene rings is 1. The maximum atomic E-state index is 12.6. The highest BCUT2D eigenvalue weighted by Crippen LogP contribution is 2.35. The van der Waals surface area contributed by atoms with E-state index in [0.29, 0.717) is 21.7 Å². The fourth-order valence-corrected chi connectivity index (χ4v) is 6.53. The Hall–Kier alpha value is -2.68. The molecule has 9 heteroatoms. The molecule has 37 heavy (non-hydrogen) atoms. The minimum absolute atomic E-state index is 0.0595. The van der Waals surface area contributed by atoms with Gasteiger partial charge in [0.15, 0.2) is 5.82 Å². The van der Waals surface area contributed by atoms with Crippen LogP contribution in [-0.4, -0.2) is 59.0 Å². The Bertz CT molecular complexity index is 1220. The second-order valence-corrected chi connectivity index (χ2v) is 12.1. The van der Waals surface area contributed by atoms with E-state index in [1.165, 1.54) is 55.7 Å². The van der Waals surface area contributed by atoms with Crippen molar-refractivity contribution in [2.45, 2.75) is 56.5 Å². The van der Waals surface area contributed by atoms with E-state index >= 15 is 0 Å². The molecular weight excluding hydrogens is 504 g/mol. The highest BCUT2D eigenvalue weighted by atomic mass is 35.5. The Labute approximate surface area is 227 Å². The molecule has 1 saturated carbocycles. The first kappa shape index (κ1) is 24.6. The number of thiophene rings is 1. The van der Waals surface area contributed by atoms with Gasteiger partial charge in [-0.05, 0) is 87.4 Å². The quantitative estimate of drug-likeness (QED) is 0.405. The number of anilines is 3. The molecule has 2 aromatic heterocycles. The molecule has 0 spiro atoms. The van der Waals surface area contributed by atoms with E-state index in [1.54, 1.807) is 24.5 Å². The average molecular weight is 537 g/mol. The van der Waals surface area contributed by atoms with Crippen molar-refractivity contribution in [3.63, 3.8) is 0 Å². The maximum Gasteiger partial charge on any atom is 0.261 e. The van der Waals surface area contributed by atoms with Crippen molar-refractivity contribution < 1.29 is 4.79 Å². The number of nitrogens with one attached hydrogen (secondary N) is 2. The van der Waals surface area contributed by atoms with E-state index in [2.05, 4.69) is 49.7 Å². The average Bonchev–Trinajstić information content (AvgIpc) is 3.69. The lowest BCUT2D eigenvalue weighted by atomic mass is 9.89. The summed E-state index contributed by atoms with van der Waals surface area (Å²) >= 11 is 7.29. The highest BCUT2D eigenvalue weighted by Gasteiger charge is 2.32. The largest absolute Gasteiger partial charge is 0.353 e. The zero-order valence-corrected chi connectivity index (χ0v) is 22.5. The molecule has 3 fully saturated rings. The summed E-state index contributed by atoms with van der Waals surface area (Å²) in [4.78, 5) is 27.4. The van der Waals surface area contributed by atoms with Gasteiger partial charge in [0, 0.05) is 30.9 Å². The van der Waals surface area contributed by atoms with Gasteiger partial charge in [0.25, 0.3) is 5.91 Å². The number of piperidine rings is 2. The van der Waals surface area contributed by atoms with Crippen LogP contribution in [0.3, 0.4) is 0 Å². The van der Waals surface area contributed by atoms with Gasteiger partial charge in [0.2, 0.25) is 0 Å². The number of hydrogen-bond acceptors (Lipinski definition) is 7. The van der Waals surface area contributed by atoms with Crippen molar-refractivity contribution in [1.29, 1.82) is 0 Å². The summed E-state index contributed by atoms with van der Waals surface area (Å²) in [5, 5.41) is 6.57. The van der Waals surface area contributed by atoms with Crippen LogP contribution in [0.4, 0.5) is 17.3 Å². The number of hydrogen-bond donors (Lipinski definition) is 2. The molecule has 194 valence electrons. The first-order valence-electron chi connectivity index (χ1n) is 13.3. The van der Waals surface area contributed by atoms with Crippen molar-refractivity contribution in [1.82, 2.24) is 20.2 Å². The molecule has 0 unspecified atom stereocenters. The van der Waals surface area contributed by atoms with Gasteiger partial charge in [-0.25, -0.2) is 4.98 Å². The van der Waals surface area contributed by atoms with Crippen LogP contribution in [0.25, 0.3) is 0 Å². The van der Waals surface area contributed by atoms with Gasteiger partial charge in [-0.2, -0.15) is 0 Å². The van der Waals surface area contributed by atoms with E-state index in [0.717, 1.165) is 42.8 Å². The van der Waals surface area contributed by atoms with Crippen molar-refractivity contribution in [3.05, 3.63) is 63.6 Å². The monoisotopic (exact) mass is 536 g/mol. The normalized spacial score (nSPS) is 21.1. The van der Waals surface area contributed by atoms with Crippen LogP contribution in [0.1, 0.15) is 59.7 Å². The maximum absolute atomic E-state index is 12.6. The third-order valence-corrected chi connectivity index (χ3v) is 8.98. The van der Waals surface area contributed by atoms with Gasteiger partial charge >= 0.3 is 0 Å². The molecule has 3 aliphatic rings. The summed E-state index contributed by atoms with van der Waals surface area (Å²) in [6.45, 7) is 4.07. The summed E-state index contributed by atoms with van der Waals surface area (Å²) in [5.74, 6) is 2.14. The molecular formula is C28H33ClN6OS. The van der Waals surface area contributed by atoms with Crippen LogP contribution >= 0.6 is 22.9 Å². The van der Waals surface area contributed by atoms with Gasteiger partial charge in [0.1, 0.15) is 5.82 Å². The SMILES string of the molecule is O=C(N[C@@H]1CCCN(c2cncc(Nc3ccc(C4CCN(C5CC5)CC4)cc3)n2)C1)c1ccc(Cl)s1. The Morgan fingerprint density at radius 1 is 0.973 bits per heavy atom. The molecule has 3 aromatic rings. The van der Waals surface area contributed by atoms with Crippen LogP contribution < -0.4 is 15.5 Å². The molecule has 1 amide bonds. The second kappa shape index (κ2) is 11.0. The number of aromatic nitrogens is 2. The van der Waals surface area contributed by atoms with Crippen molar-refractivity contribution in [3.8, 4) is 0 Å². The summed E-state index contributed by atoms with van der Waals surface area (Å²) in [6.07, 6.45) is 10.8. The lowest BCUT2D eigenvalue weighted by molar-refractivity contribution is 0.0937. The van der Waals surface area contributed by atoms with E-state index in [9.17, 15) is 4.79 Å². The fourth-order valence-electron chi connectivity index (χ4n) is 5.59. The number of nitrogens with zero attached hydrogens (tertiary/aromatic N) is 4. The molecule has 2 aliphatic heterocycles. The Morgan fingerprint density at radius 3 is 2.51 bits per heavy atom. The third kappa shape index (κ3) is 6.08. The summed E-state index contributed by atoms with van der Waals surface area (Å²) in [6, 6.07) is 13.3. The van der Waals surface area contributed by atoms with Gasteiger partial charge in [-0.3, -0.25) is 9.78 Å². The number of carbonyl (C=O) groups is 1. The zero-order valence-electron chi connectivity index (χ0n) is 20.9. The van der Waals surface area contributed by atoms with Gasteiger partial charge < -0.3 is 20.4 Å². The minimum Gasteiger partial charge on any atom is -0.353 e. The number of likely N-dealkylation sites (tertiary alicyclic amines) is 1. The molecule has 1 atom stereocenters. The lowest BCUT2D eigenvalue weighted by Crippen LogP contribution is -2.48. The van der Waals surface area contributed by atoms with E-state index in [4.69, 9.17) is 16.6 Å². The smallest absolute Gasteiger partial charge is 0.261 e. The van der Waals surface area contributed by atoms with Crippen LogP contribution in [0.2, 0.25) is 4.34 Å². The third-order valence-electron chi connectivity index (χ3n) is 7.75. The molecule has 2 N–H and O–H groups in total. The molecule has 0 radical (unpaired) electrons. The summed E-state index contributed by atoms with van der Waals surface area (Å²) in [5.41, 5.74) is 2.45. The van der Waals surface area contributed by atoms with Crippen LogP contribution in [0.15, 0.2) is 48.8 Å². The van der Waals surface area contributed by atoms with Crippen LogP contribution in [-0.2, 0) is 0 Å². The zero-order chi connectivity index (χ0) is 25.2. The van der Waals surface area contributed by atoms with Crippen molar-refractivity contribution >= 4 is 46.2 Å². The molecule has 6 rings (SSSR count). The number of rotatable bonds is 7. The fraction of sp³-hybridized carbons (Fsp3) is 0.464. The molecule has 4 heterocycles. The Kier molecular flexibility index (Phi) is 7.31. The second-order valence-electron chi connectivity index (χ2n) is 10.4. The van der Waals surface area contributed by atoms with Crippen LogP contribution in [0.5, 0.6) is 0 Å². The van der Waals surface area contributed by atoms with Gasteiger partial charge in [-0.1, -0.05) is 23.7 Å².